The van der Waals surface area contributed by atoms with Crippen molar-refractivity contribution >= 4 is 35.7 Å². The first-order chi connectivity index (χ1) is 22.4. The summed E-state index contributed by atoms with van der Waals surface area (Å²) >= 11 is 0. The van der Waals surface area contributed by atoms with Gasteiger partial charge in [0.25, 0.3) is 0 Å². The predicted molar refractivity (Wildman–Crippen MR) is 175 cm³/mol. The summed E-state index contributed by atoms with van der Waals surface area (Å²) < 4.78 is 10.6. The van der Waals surface area contributed by atoms with Crippen LogP contribution in [0.5, 0.6) is 0 Å². The molecule has 0 saturated heterocycles. The fourth-order valence-corrected chi connectivity index (χ4v) is 5.30. The summed E-state index contributed by atoms with van der Waals surface area (Å²) in [6.45, 7) is 5.15. The van der Waals surface area contributed by atoms with Crippen LogP contribution in [0.25, 0.3) is 11.1 Å². The third-order valence-corrected chi connectivity index (χ3v) is 7.64. The lowest BCUT2D eigenvalue weighted by Gasteiger charge is -2.25. The standard InChI is InChI=1S/C33H45N7O7/c1-4-28(41)46-18-27(29(34)42)39-30(43)25(14-9-15-37-32(35)36)38-31(44)26(16-19(2)3)40-33(45)47-17-24-22-12-7-5-10-20(22)21-11-6-8-13-23(21)24/h5-8,10-13,19,24-27H,4,9,14-18H2,1-3H3,(H2,34,42)(H,38,44)(H,39,43)(H,40,45)(H4,35,36,37)/t25-,26-,27-/m0/s1. The fourth-order valence-electron chi connectivity index (χ4n) is 5.30. The first-order valence-corrected chi connectivity index (χ1v) is 15.7. The van der Waals surface area contributed by atoms with E-state index in [9.17, 15) is 24.0 Å². The van der Waals surface area contributed by atoms with Gasteiger partial charge in [0.05, 0.1) is 0 Å². The Morgan fingerprint density at radius 1 is 0.830 bits per heavy atom. The van der Waals surface area contributed by atoms with Crippen LogP contribution < -0.4 is 32.7 Å². The van der Waals surface area contributed by atoms with Gasteiger partial charge in [-0.25, -0.2) is 4.79 Å². The number of nitrogens with two attached hydrogens (primary N) is 2. The van der Waals surface area contributed by atoms with Crippen molar-refractivity contribution in [2.24, 2.45) is 17.4 Å². The van der Waals surface area contributed by atoms with Gasteiger partial charge < -0.3 is 42.2 Å². The number of esters is 1. The number of primary amides is 1. The Morgan fingerprint density at radius 3 is 1.96 bits per heavy atom. The molecule has 9 N–H and O–H groups in total. The number of guanidine groups is 1. The molecule has 0 aliphatic heterocycles. The largest absolute Gasteiger partial charge is 0.463 e. The number of amides is 4. The average molecular weight is 652 g/mol. The van der Waals surface area contributed by atoms with E-state index in [1.165, 1.54) is 0 Å². The Labute approximate surface area is 274 Å². The van der Waals surface area contributed by atoms with Gasteiger partial charge in [-0.05, 0) is 47.4 Å². The number of carbonyl (C=O) groups excluding carboxylic acids is 5. The number of hydrogen-bond donors (Lipinski definition) is 7. The van der Waals surface area contributed by atoms with Gasteiger partial charge >= 0.3 is 12.1 Å². The molecule has 1 aliphatic rings. The van der Waals surface area contributed by atoms with Crippen LogP contribution in [0.3, 0.4) is 0 Å². The molecular weight excluding hydrogens is 606 g/mol. The molecule has 1 aliphatic carbocycles. The number of rotatable bonds is 17. The van der Waals surface area contributed by atoms with Crippen molar-refractivity contribution in [2.75, 3.05) is 19.8 Å². The Balaban J connectivity index is 1.69. The monoisotopic (exact) mass is 651 g/mol. The Hall–Kier alpha value is -5.14. The van der Waals surface area contributed by atoms with Crippen LogP contribution in [-0.2, 0) is 28.7 Å². The summed E-state index contributed by atoms with van der Waals surface area (Å²) in [6.07, 6.45) is -0.0934. The number of nitrogens with one attached hydrogen (secondary N) is 5. The molecule has 0 unspecified atom stereocenters. The van der Waals surface area contributed by atoms with E-state index in [-0.39, 0.29) is 50.2 Å². The topological polar surface area (TPSA) is 228 Å². The van der Waals surface area contributed by atoms with Crippen LogP contribution in [0, 0.1) is 11.3 Å². The van der Waals surface area contributed by atoms with E-state index in [0.29, 0.717) is 6.42 Å². The number of hydrogen-bond acceptors (Lipinski definition) is 8. The highest BCUT2D eigenvalue weighted by Gasteiger charge is 2.32. The minimum atomic E-state index is -1.34. The van der Waals surface area contributed by atoms with Gasteiger partial charge in [0.1, 0.15) is 31.3 Å². The van der Waals surface area contributed by atoms with Crippen molar-refractivity contribution in [3.63, 3.8) is 0 Å². The molecule has 2 aromatic rings. The van der Waals surface area contributed by atoms with E-state index in [0.717, 1.165) is 22.3 Å². The van der Waals surface area contributed by atoms with Crippen LogP contribution in [0.2, 0.25) is 0 Å². The molecule has 0 heterocycles. The maximum absolute atomic E-state index is 13.5. The van der Waals surface area contributed by atoms with Crippen LogP contribution in [-0.4, -0.2) is 73.6 Å². The molecule has 0 saturated carbocycles. The number of fused-ring (bicyclic) bond motifs is 3. The molecular formula is C33H45N7O7. The van der Waals surface area contributed by atoms with Gasteiger partial charge in [-0.2, -0.15) is 0 Å². The molecule has 254 valence electrons. The van der Waals surface area contributed by atoms with E-state index >= 15 is 0 Å². The molecule has 3 atom stereocenters. The van der Waals surface area contributed by atoms with Crippen molar-refractivity contribution < 1.29 is 33.4 Å². The van der Waals surface area contributed by atoms with Gasteiger partial charge in [-0.1, -0.05) is 69.3 Å². The molecule has 0 fully saturated rings. The van der Waals surface area contributed by atoms with E-state index in [1.54, 1.807) is 6.92 Å². The molecule has 0 bridgehead atoms. The molecule has 4 amide bonds. The Kier molecular flexibility index (Phi) is 13.5. The summed E-state index contributed by atoms with van der Waals surface area (Å²) in [4.78, 5) is 63.5. The second-order valence-electron chi connectivity index (χ2n) is 11.7. The maximum atomic E-state index is 13.5. The quantitative estimate of drug-likeness (QED) is 0.0570. The molecule has 0 radical (unpaired) electrons. The minimum Gasteiger partial charge on any atom is -0.463 e. The third-order valence-electron chi connectivity index (χ3n) is 7.64. The van der Waals surface area contributed by atoms with E-state index in [2.05, 4.69) is 21.3 Å². The highest BCUT2D eigenvalue weighted by molar-refractivity contribution is 5.93. The number of ether oxygens (including phenoxy) is 2. The lowest BCUT2D eigenvalue weighted by Crippen LogP contribution is -2.57. The second-order valence-corrected chi connectivity index (χ2v) is 11.7. The van der Waals surface area contributed by atoms with Gasteiger partial charge in [0.15, 0.2) is 5.96 Å². The molecule has 14 heteroatoms. The van der Waals surface area contributed by atoms with Gasteiger partial charge in [0, 0.05) is 18.9 Å². The molecule has 3 rings (SSSR count). The zero-order chi connectivity index (χ0) is 34.5. The zero-order valence-corrected chi connectivity index (χ0v) is 27.0. The fraction of sp³-hybridized carbons (Fsp3) is 0.455. The summed E-state index contributed by atoms with van der Waals surface area (Å²) in [5.41, 5.74) is 15.0. The first-order valence-electron chi connectivity index (χ1n) is 15.7. The minimum absolute atomic E-state index is 0.0147. The highest BCUT2D eigenvalue weighted by Crippen LogP contribution is 2.44. The van der Waals surface area contributed by atoms with Crippen LogP contribution in [0.4, 0.5) is 4.79 Å². The molecule has 47 heavy (non-hydrogen) atoms. The SMILES string of the molecule is CCC(=O)OC[C@H](NC(=O)[C@H](CCCNC(=N)N)NC(=O)[C@H](CC(C)C)NC(=O)OCC1c2ccccc2-c2ccccc21)C(N)=O. The Morgan fingerprint density at radius 2 is 1.40 bits per heavy atom. The number of carbonyl (C=O) groups is 5. The first kappa shape index (κ1) is 36.3. The Bertz CT molecular complexity index is 1400. The summed E-state index contributed by atoms with van der Waals surface area (Å²) in [7, 11) is 0. The van der Waals surface area contributed by atoms with Gasteiger partial charge in [-0.3, -0.25) is 24.6 Å². The molecule has 0 aromatic heterocycles. The lowest BCUT2D eigenvalue weighted by atomic mass is 9.98. The van der Waals surface area contributed by atoms with Gasteiger partial charge in [-0.15, -0.1) is 0 Å². The van der Waals surface area contributed by atoms with Crippen molar-refractivity contribution in [3.05, 3.63) is 59.7 Å². The van der Waals surface area contributed by atoms with Gasteiger partial charge in [0.2, 0.25) is 17.7 Å². The van der Waals surface area contributed by atoms with Crippen LogP contribution >= 0.6 is 0 Å². The maximum Gasteiger partial charge on any atom is 0.407 e. The van der Waals surface area contributed by atoms with Crippen molar-refractivity contribution in [1.82, 2.24) is 21.3 Å². The normalized spacial score (nSPS) is 13.7. The molecule has 14 nitrogen and oxygen atoms in total. The number of benzene rings is 2. The number of alkyl carbamates (subject to hydrolysis) is 1. The highest BCUT2D eigenvalue weighted by atomic mass is 16.5. The van der Waals surface area contributed by atoms with E-state index in [1.807, 2.05) is 62.4 Å². The van der Waals surface area contributed by atoms with Crippen molar-refractivity contribution in [1.29, 1.82) is 5.41 Å². The second kappa shape index (κ2) is 17.5. The van der Waals surface area contributed by atoms with Crippen molar-refractivity contribution in [2.45, 2.75) is 70.5 Å². The summed E-state index contributed by atoms with van der Waals surface area (Å²) in [5, 5.41) is 17.7. The predicted octanol–water partition coefficient (Wildman–Crippen LogP) is 1.61. The smallest absolute Gasteiger partial charge is 0.407 e. The zero-order valence-electron chi connectivity index (χ0n) is 27.0. The van der Waals surface area contributed by atoms with Crippen molar-refractivity contribution in [3.8, 4) is 11.1 Å². The van der Waals surface area contributed by atoms with E-state index < -0.39 is 54.5 Å². The summed E-state index contributed by atoms with van der Waals surface area (Å²) in [6, 6.07) is 12.3. The van der Waals surface area contributed by atoms with Crippen LogP contribution in [0.15, 0.2) is 48.5 Å². The van der Waals surface area contributed by atoms with Crippen LogP contribution in [0.1, 0.15) is 63.5 Å². The third kappa shape index (κ3) is 10.7. The lowest BCUT2D eigenvalue weighted by molar-refractivity contribution is -0.145. The summed E-state index contributed by atoms with van der Waals surface area (Å²) in [5.74, 6) is -3.34. The molecule has 2 aromatic carbocycles. The molecule has 0 spiro atoms. The van der Waals surface area contributed by atoms with E-state index in [4.69, 9.17) is 26.4 Å². The average Bonchev–Trinajstić information content (AvgIpc) is 3.35.